The summed E-state index contributed by atoms with van der Waals surface area (Å²) in [6.45, 7) is 1.43. The van der Waals surface area contributed by atoms with Crippen molar-refractivity contribution in [1.82, 2.24) is 0 Å². The van der Waals surface area contributed by atoms with E-state index in [-0.39, 0.29) is 0 Å². The van der Waals surface area contributed by atoms with E-state index in [4.69, 9.17) is 51.1 Å². The van der Waals surface area contributed by atoms with Crippen LogP contribution in [-0.4, -0.2) is 6.47 Å². The van der Waals surface area contributed by atoms with Crippen molar-refractivity contribution < 1.29 is 9.53 Å². The maximum absolute atomic E-state index is 10.6. The van der Waals surface area contributed by atoms with Gasteiger partial charge in [-0.05, 0) is 35.4 Å². The van der Waals surface area contributed by atoms with Crippen molar-refractivity contribution in [2.75, 3.05) is 0 Å². The monoisotopic (exact) mass is 347 g/mol. The van der Waals surface area contributed by atoms with Crippen molar-refractivity contribution in [2.45, 2.75) is 6.10 Å². The van der Waals surface area contributed by atoms with Crippen molar-refractivity contribution in [3.63, 3.8) is 0 Å². The lowest BCUT2D eigenvalue weighted by molar-refractivity contribution is 0.216. The molecule has 0 unspecified atom stereocenters. The zero-order valence-corrected chi connectivity index (χ0v) is 12.9. The van der Waals surface area contributed by atoms with Gasteiger partial charge in [0, 0.05) is 0 Å². The molecule has 0 fully saturated rings. The minimum Gasteiger partial charge on any atom is -0.444 e. The van der Waals surface area contributed by atoms with Gasteiger partial charge in [-0.1, -0.05) is 58.5 Å². The van der Waals surface area contributed by atoms with E-state index in [0.717, 1.165) is 0 Å². The van der Waals surface area contributed by atoms with Gasteiger partial charge in [0.05, 0.1) is 20.1 Å². The highest BCUT2D eigenvalue weighted by atomic mass is 35.5. The molecule has 0 saturated heterocycles. The number of hydrogen-bond donors (Lipinski definition) is 0. The van der Waals surface area contributed by atoms with Crippen molar-refractivity contribution in [2.24, 2.45) is 0 Å². The second-order valence-corrected chi connectivity index (χ2v) is 5.56. The molecule has 2 nitrogen and oxygen atoms in total. The second-order valence-electron chi connectivity index (χ2n) is 3.93. The third kappa shape index (κ3) is 3.39. The van der Waals surface area contributed by atoms with Gasteiger partial charge in [0.1, 0.15) is 0 Å². The summed E-state index contributed by atoms with van der Waals surface area (Å²) in [6.07, 6.45) is -0.683. The molecule has 2 aromatic carbocycles. The highest BCUT2D eigenvalue weighted by Gasteiger charge is 2.18. The smallest absolute Gasteiger partial charge is 0.418 e. The van der Waals surface area contributed by atoms with E-state index in [9.17, 15) is 4.79 Å². The van der Waals surface area contributed by atoms with Gasteiger partial charge in [-0.25, -0.2) is 4.79 Å². The number of ether oxygens (including phenoxy) is 1. The number of benzene rings is 2. The van der Waals surface area contributed by atoms with Crippen LogP contribution in [0.3, 0.4) is 0 Å². The summed E-state index contributed by atoms with van der Waals surface area (Å²) in [5, 5.41) is 1.56. The van der Waals surface area contributed by atoms with Gasteiger partial charge in [0.15, 0.2) is 6.10 Å². The van der Waals surface area contributed by atoms with Gasteiger partial charge in [-0.2, -0.15) is 0 Å². The average Bonchev–Trinajstić information content (AvgIpc) is 2.43. The Hall–Kier alpha value is -0.930. The van der Waals surface area contributed by atoms with E-state index in [2.05, 4.69) is 0 Å². The van der Waals surface area contributed by atoms with Crippen LogP contribution in [0.2, 0.25) is 20.1 Å². The SMILES string of the molecule is O=[C]OC(c1ccc(Cl)c(Cl)c1)c1ccc(Cl)c(Cl)c1. The lowest BCUT2D eigenvalue weighted by Gasteiger charge is -2.16. The molecule has 20 heavy (non-hydrogen) atoms. The minimum absolute atomic E-state index is 0.365. The van der Waals surface area contributed by atoms with Crippen LogP contribution in [0.4, 0.5) is 0 Å². The van der Waals surface area contributed by atoms with Crippen LogP contribution in [0.15, 0.2) is 36.4 Å². The summed E-state index contributed by atoms with van der Waals surface area (Å²) in [6, 6.07) is 9.90. The summed E-state index contributed by atoms with van der Waals surface area (Å²) in [5.41, 5.74) is 1.31. The van der Waals surface area contributed by atoms with Crippen LogP contribution >= 0.6 is 46.4 Å². The molecule has 0 aliphatic carbocycles. The lowest BCUT2D eigenvalue weighted by Crippen LogP contribution is -2.05. The zero-order valence-electron chi connectivity index (χ0n) is 9.87. The first-order chi connectivity index (χ1) is 9.52. The summed E-state index contributed by atoms with van der Waals surface area (Å²) < 4.78 is 4.99. The van der Waals surface area contributed by atoms with Crippen LogP contribution in [0.25, 0.3) is 0 Å². The first kappa shape index (κ1) is 15.5. The Kier molecular flexibility index (Phi) is 5.17. The Bertz CT molecular complexity index is 592. The maximum atomic E-state index is 10.6. The summed E-state index contributed by atoms with van der Waals surface area (Å²) in [7, 11) is 0. The quantitative estimate of drug-likeness (QED) is 0.731. The summed E-state index contributed by atoms with van der Waals surface area (Å²) >= 11 is 23.7. The van der Waals surface area contributed by atoms with Crippen LogP contribution < -0.4 is 0 Å². The van der Waals surface area contributed by atoms with E-state index in [1.54, 1.807) is 36.4 Å². The third-order valence-electron chi connectivity index (χ3n) is 2.66. The molecule has 0 spiro atoms. The van der Waals surface area contributed by atoms with Crippen LogP contribution in [0, 0.1) is 0 Å². The van der Waals surface area contributed by atoms with Gasteiger partial charge in [0.2, 0.25) is 0 Å². The Labute approximate surface area is 136 Å². The van der Waals surface area contributed by atoms with Crippen LogP contribution in [0.5, 0.6) is 0 Å². The van der Waals surface area contributed by atoms with Crippen LogP contribution in [0.1, 0.15) is 17.2 Å². The average molecular weight is 349 g/mol. The highest BCUT2D eigenvalue weighted by Crippen LogP contribution is 2.33. The minimum atomic E-state index is -0.683. The summed E-state index contributed by atoms with van der Waals surface area (Å²) in [4.78, 5) is 10.6. The molecule has 0 bridgehead atoms. The molecule has 2 aromatic rings. The number of carbonyl (C=O) groups excluding carboxylic acids is 1. The van der Waals surface area contributed by atoms with Gasteiger partial charge in [-0.15, -0.1) is 0 Å². The van der Waals surface area contributed by atoms with Crippen molar-refractivity contribution in [3.8, 4) is 0 Å². The fourth-order valence-electron chi connectivity index (χ4n) is 1.73. The topological polar surface area (TPSA) is 26.3 Å². The van der Waals surface area contributed by atoms with Crippen molar-refractivity contribution in [1.29, 1.82) is 0 Å². The van der Waals surface area contributed by atoms with E-state index in [1.165, 1.54) is 6.47 Å². The molecular weight excluding hydrogens is 342 g/mol. The molecule has 103 valence electrons. The largest absolute Gasteiger partial charge is 0.444 e. The molecule has 0 N–H and O–H groups in total. The predicted molar refractivity (Wildman–Crippen MR) is 81.5 cm³/mol. The van der Waals surface area contributed by atoms with E-state index in [1.807, 2.05) is 0 Å². The number of rotatable bonds is 4. The Morgan fingerprint density at radius 1 is 0.800 bits per heavy atom. The van der Waals surface area contributed by atoms with Gasteiger partial charge < -0.3 is 4.74 Å². The third-order valence-corrected chi connectivity index (χ3v) is 4.14. The predicted octanol–water partition coefficient (Wildman–Crippen LogP) is 5.47. The van der Waals surface area contributed by atoms with E-state index in [0.29, 0.717) is 31.2 Å². The fraction of sp³-hybridized carbons (Fsp3) is 0.0714. The molecule has 2 rings (SSSR count). The fourth-order valence-corrected chi connectivity index (χ4v) is 2.34. The Morgan fingerprint density at radius 2 is 1.25 bits per heavy atom. The zero-order chi connectivity index (χ0) is 14.7. The lowest BCUT2D eigenvalue weighted by atomic mass is 10.0. The highest BCUT2D eigenvalue weighted by molar-refractivity contribution is 6.42. The molecule has 6 heteroatoms. The molecular formula is C14H7Cl4O2. The van der Waals surface area contributed by atoms with Gasteiger partial charge in [-0.3, -0.25) is 0 Å². The molecule has 0 heterocycles. The molecule has 1 radical (unpaired) electrons. The van der Waals surface area contributed by atoms with Crippen molar-refractivity contribution >= 4 is 52.9 Å². The second kappa shape index (κ2) is 6.68. The van der Waals surface area contributed by atoms with Gasteiger partial charge >= 0.3 is 6.47 Å². The first-order valence-corrected chi connectivity index (χ1v) is 6.97. The standard InChI is InChI=1S/C14H7Cl4O2/c15-10-3-1-8(5-12(10)17)14(20-7-19)9-2-4-11(16)13(18)6-9/h1-6,14H. The molecule has 0 atom stereocenters. The van der Waals surface area contributed by atoms with Crippen molar-refractivity contribution in [3.05, 3.63) is 67.6 Å². The summed E-state index contributed by atoms with van der Waals surface area (Å²) in [5.74, 6) is 0. The van der Waals surface area contributed by atoms with Crippen LogP contribution in [-0.2, 0) is 9.53 Å². The van der Waals surface area contributed by atoms with E-state index < -0.39 is 6.10 Å². The molecule has 0 aliphatic heterocycles. The van der Waals surface area contributed by atoms with E-state index >= 15 is 0 Å². The number of hydrogen-bond acceptors (Lipinski definition) is 2. The normalized spacial score (nSPS) is 10.7. The first-order valence-electron chi connectivity index (χ1n) is 5.45. The Morgan fingerprint density at radius 3 is 1.60 bits per heavy atom. The Balaban J connectivity index is 2.46. The maximum Gasteiger partial charge on any atom is 0.418 e. The number of halogens is 4. The van der Waals surface area contributed by atoms with Gasteiger partial charge in [0.25, 0.3) is 0 Å². The molecule has 0 amide bonds. The molecule has 0 aliphatic rings. The molecule has 0 aromatic heterocycles. The molecule has 0 saturated carbocycles.